The lowest BCUT2D eigenvalue weighted by Gasteiger charge is -2.31. The number of H-pyrrole nitrogens is 1. The van der Waals surface area contributed by atoms with Crippen molar-refractivity contribution in [1.82, 2.24) is 19.5 Å². The van der Waals surface area contributed by atoms with Gasteiger partial charge < -0.3 is 24.1 Å². The number of aliphatic hydroxyl groups is 1. The predicted molar refractivity (Wildman–Crippen MR) is 139 cm³/mol. The van der Waals surface area contributed by atoms with Gasteiger partial charge in [0.05, 0.1) is 29.0 Å². The Labute approximate surface area is 229 Å². The topological polar surface area (TPSA) is 178 Å². The SMILES string of the molecule is CCc1c2c(nc3ccc(OC(=O)/N=N\c4nc(=O)[nH]cc4F)cc13)-c1cc3c(c(=O)n1C2)COC(=O)[C@]3(O)CC. The number of benzene rings is 1. The third kappa shape index (κ3) is 4.10. The largest absolute Gasteiger partial charge is 0.458 e. The minimum absolute atomic E-state index is 0.0378. The third-order valence-electron chi connectivity index (χ3n) is 7.31. The molecule has 1 amide bonds. The molecule has 41 heavy (non-hydrogen) atoms. The van der Waals surface area contributed by atoms with Crippen LogP contribution in [0, 0.1) is 5.82 Å². The summed E-state index contributed by atoms with van der Waals surface area (Å²) >= 11 is 0. The van der Waals surface area contributed by atoms with Crippen molar-refractivity contribution in [1.29, 1.82) is 0 Å². The number of fused-ring (bicyclic) bond motifs is 5. The monoisotopic (exact) mass is 560 g/mol. The summed E-state index contributed by atoms with van der Waals surface area (Å²) in [6.07, 6.45) is 0.169. The number of aromatic nitrogens is 4. The Morgan fingerprint density at radius 1 is 1.22 bits per heavy atom. The van der Waals surface area contributed by atoms with Gasteiger partial charge in [-0.3, -0.25) is 4.79 Å². The zero-order chi connectivity index (χ0) is 29.1. The highest BCUT2D eigenvalue weighted by molar-refractivity contribution is 5.90. The van der Waals surface area contributed by atoms with E-state index in [1.807, 2.05) is 11.9 Å². The van der Waals surface area contributed by atoms with Crippen molar-refractivity contribution in [3.05, 3.63) is 79.4 Å². The van der Waals surface area contributed by atoms with Crippen LogP contribution in [0.2, 0.25) is 0 Å². The van der Waals surface area contributed by atoms with E-state index >= 15 is 0 Å². The molecule has 0 saturated carbocycles. The molecule has 5 heterocycles. The van der Waals surface area contributed by atoms with Gasteiger partial charge in [0.1, 0.15) is 12.4 Å². The summed E-state index contributed by atoms with van der Waals surface area (Å²) in [5.74, 6) is -2.32. The summed E-state index contributed by atoms with van der Waals surface area (Å²) in [5, 5.41) is 18.4. The Hall–Kier alpha value is -5.11. The number of carbonyl (C=O) groups excluding carboxylic acids is 2. The van der Waals surface area contributed by atoms with Gasteiger partial charge in [0.2, 0.25) is 5.82 Å². The van der Waals surface area contributed by atoms with Crippen LogP contribution in [-0.4, -0.2) is 36.7 Å². The van der Waals surface area contributed by atoms with E-state index in [1.54, 1.807) is 29.7 Å². The van der Waals surface area contributed by atoms with E-state index in [9.17, 15) is 28.7 Å². The van der Waals surface area contributed by atoms with Crippen LogP contribution in [0.4, 0.5) is 15.0 Å². The maximum atomic E-state index is 13.7. The fraction of sp³-hybridized carbons (Fsp3) is 0.259. The minimum Gasteiger partial charge on any atom is -0.458 e. The summed E-state index contributed by atoms with van der Waals surface area (Å²) in [4.78, 5) is 59.5. The Morgan fingerprint density at radius 2 is 2.02 bits per heavy atom. The highest BCUT2D eigenvalue weighted by atomic mass is 19.1. The van der Waals surface area contributed by atoms with E-state index in [1.165, 1.54) is 6.07 Å². The van der Waals surface area contributed by atoms with E-state index < -0.39 is 35.0 Å². The fourth-order valence-electron chi connectivity index (χ4n) is 5.26. The maximum absolute atomic E-state index is 13.7. The molecule has 0 bridgehead atoms. The standard InChI is InChI=1S/C27H21FN6O7/c1-3-13-14-7-12(41-26(38)33-32-22-18(28)9-29-25(37)31-22)5-6-19(14)30-21-15(13)10-34-20(21)8-17-16(23(34)35)11-40-24(36)27(17,39)4-2/h5-9,39H,3-4,10-11H2,1-2H3,(H,29,31,37)/b33-32-/t27-/m0/s1. The third-order valence-corrected chi connectivity index (χ3v) is 7.31. The van der Waals surface area contributed by atoms with Gasteiger partial charge in [-0.05, 0) is 42.7 Å². The zero-order valence-corrected chi connectivity index (χ0v) is 21.7. The predicted octanol–water partition coefficient (Wildman–Crippen LogP) is 3.15. The van der Waals surface area contributed by atoms with Gasteiger partial charge >= 0.3 is 17.8 Å². The Kier molecular flexibility index (Phi) is 6.07. The molecule has 6 rings (SSSR count). The molecule has 1 aromatic carbocycles. The summed E-state index contributed by atoms with van der Waals surface area (Å²) in [6.45, 7) is 3.57. The number of aromatic amines is 1. The molecular formula is C27H21FN6O7. The van der Waals surface area contributed by atoms with Gasteiger partial charge in [-0.15, -0.1) is 5.11 Å². The molecule has 208 valence electrons. The van der Waals surface area contributed by atoms with Crippen molar-refractivity contribution >= 4 is 28.8 Å². The van der Waals surface area contributed by atoms with E-state index in [4.69, 9.17) is 14.5 Å². The van der Waals surface area contributed by atoms with E-state index in [2.05, 4.69) is 15.2 Å². The lowest BCUT2D eigenvalue weighted by atomic mass is 9.86. The number of cyclic esters (lactones) is 1. The number of pyridine rings is 2. The Morgan fingerprint density at radius 3 is 2.78 bits per heavy atom. The van der Waals surface area contributed by atoms with Crippen LogP contribution in [-0.2, 0) is 34.7 Å². The van der Waals surface area contributed by atoms with Gasteiger partial charge in [-0.1, -0.05) is 19.0 Å². The van der Waals surface area contributed by atoms with Gasteiger partial charge in [-0.2, -0.15) is 4.98 Å². The molecule has 0 unspecified atom stereocenters. The number of azo groups is 1. The molecule has 0 saturated heterocycles. The van der Waals surface area contributed by atoms with Gasteiger partial charge in [-0.25, -0.2) is 23.8 Å². The number of hydrogen-bond acceptors (Lipinski definition) is 10. The second-order valence-corrected chi connectivity index (χ2v) is 9.50. The Bertz CT molecular complexity index is 1950. The molecule has 1 atom stereocenters. The average molecular weight is 560 g/mol. The Balaban J connectivity index is 1.38. The average Bonchev–Trinajstić information content (AvgIpc) is 3.33. The fourth-order valence-corrected chi connectivity index (χ4v) is 5.26. The lowest BCUT2D eigenvalue weighted by molar-refractivity contribution is -0.172. The quantitative estimate of drug-likeness (QED) is 0.247. The van der Waals surface area contributed by atoms with Crippen molar-refractivity contribution in [2.24, 2.45) is 10.2 Å². The first-order valence-corrected chi connectivity index (χ1v) is 12.7. The molecule has 3 aromatic heterocycles. The first-order valence-electron chi connectivity index (χ1n) is 12.7. The van der Waals surface area contributed by atoms with Crippen LogP contribution < -0.4 is 16.0 Å². The molecule has 0 fully saturated rings. The summed E-state index contributed by atoms with van der Waals surface area (Å²) < 4.78 is 25.6. The van der Waals surface area contributed by atoms with E-state index in [0.717, 1.165) is 17.3 Å². The summed E-state index contributed by atoms with van der Waals surface area (Å²) in [6, 6.07) is 6.36. The first kappa shape index (κ1) is 26.1. The molecule has 2 N–H and O–H groups in total. The van der Waals surface area contributed by atoms with E-state index in [0.29, 0.717) is 28.7 Å². The maximum Gasteiger partial charge on any atom is 0.457 e. The molecule has 0 spiro atoms. The molecule has 4 aromatic rings. The summed E-state index contributed by atoms with van der Waals surface area (Å²) in [5.41, 5.74) is 0.540. The summed E-state index contributed by atoms with van der Waals surface area (Å²) in [7, 11) is 0. The van der Waals surface area contributed by atoms with Gasteiger partial charge in [0.15, 0.2) is 11.4 Å². The molecule has 14 heteroatoms. The first-order chi connectivity index (χ1) is 19.6. The zero-order valence-electron chi connectivity index (χ0n) is 21.7. The van der Waals surface area contributed by atoms with Crippen LogP contribution in [0.15, 0.2) is 50.3 Å². The lowest BCUT2D eigenvalue weighted by Crippen LogP contribution is -2.44. The number of aryl methyl sites for hydroxylation is 1. The number of hydrogen-bond donors (Lipinski definition) is 2. The number of esters is 1. The molecule has 0 aliphatic carbocycles. The molecule has 2 aliphatic rings. The number of amides is 1. The van der Waals surface area contributed by atoms with Crippen LogP contribution in [0.5, 0.6) is 5.75 Å². The van der Waals surface area contributed by atoms with Crippen molar-refractivity contribution in [3.63, 3.8) is 0 Å². The number of ether oxygens (including phenoxy) is 2. The highest BCUT2D eigenvalue weighted by Gasteiger charge is 2.45. The molecule has 0 radical (unpaired) electrons. The number of rotatable bonds is 4. The molecule has 2 aliphatic heterocycles. The number of halogens is 1. The number of carbonyl (C=O) groups is 2. The van der Waals surface area contributed by atoms with Crippen molar-refractivity contribution in [3.8, 4) is 17.1 Å². The molecule has 13 nitrogen and oxygen atoms in total. The minimum atomic E-state index is -1.93. The smallest absolute Gasteiger partial charge is 0.457 e. The van der Waals surface area contributed by atoms with Crippen molar-refractivity contribution in [2.75, 3.05) is 0 Å². The second-order valence-electron chi connectivity index (χ2n) is 9.50. The van der Waals surface area contributed by atoms with Crippen molar-refractivity contribution < 1.29 is 28.6 Å². The van der Waals surface area contributed by atoms with Crippen LogP contribution in [0.25, 0.3) is 22.3 Å². The van der Waals surface area contributed by atoms with Gasteiger partial charge in [0.25, 0.3) is 5.56 Å². The van der Waals surface area contributed by atoms with E-state index in [-0.39, 0.29) is 42.0 Å². The molecular weight excluding hydrogens is 539 g/mol. The van der Waals surface area contributed by atoms with Crippen LogP contribution in [0.3, 0.4) is 0 Å². The van der Waals surface area contributed by atoms with Crippen LogP contribution in [0.1, 0.15) is 42.5 Å². The van der Waals surface area contributed by atoms with Crippen molar-refractivity contribution in [2.45, 2.75) is 45.4 Å². The second kappa shape index (κ2) is 9.52. The highest BCUT2D eigenvalue weighted by Crippen LogP contribution is 2.40. The number of nitrogens with one attached hydrogen (secondary N) is 1. The normalized spacial score (nSPS) is 17.3. The number of nitrogens with zero attached hydrogens (tertiary/aromatic N) is 5. The van der Waals surface area contributed by atoms with Crippen LogP contribution >= 0.6 is 0 Å². The van der Waals surface area contributed by atoms with Gasteiger partial charge in [0, 0.05) is 22.7 Å².